The average Bonchev–Trinajstić information content (AvgIpc) is 3.50. The lowest BCUT2D eigenvalue weighted by Crippen LogP contribution is -2.14. The number of aromatic nitrogens is 2. The third kappa shape index (κ3) is 5.78. The fraction of sp³-hybridized carbons (Fsp3) is 0.0833. The molecule has 0 radical (unpaired) electrons. The molecule has 2 amide bonds. The number of amides is 2. The van der Waals surface area contributed by atoms with Gasteiger partial charge in [-0.1, -0.05) is 6.07 Å². The molecule has 0 atom stereocenters. The Kier molecular flexibility index (Phi) is 7.04. The van der Waals surface area contributed by atoms with Gasteiger partial charge in [-0.15, -0.1) is 22.7 Å². The summed E-state index contributed by atoms with van der Waals surface area (Å²) in [5, 5.41) is 14.5. The SMILES string of the molecule is Cc1ccc(NC(=O)c2ccc(/C=C/C(=O)NO)s2)cc1Cc1nc(-c2cccnc2)cs1. The van der Waals surface area contributed by atoms with E-state index in [1.807, 2.05) is 42.6 Å². The van der Waals surface area contributed by atoms with Gasteiger partial charge in [0.1, 0.15) is 0 Å². The first kappa shape index (κ1) is 22.5. The molecule has 33 heavy (non-hydrogen) atoms. The molecule has 0 spiro atoms. The van der Waals surface area contributed by atoms with Gasteiger partial charge in [-0.05, 0) is 60.5 Å². The second-order valence-corrected chi connectivity index (χ2v) is 9.21. The zero-order valence-electron chi connectivity index (χ0n) is 17.6. The number of carbonyl (C=O) groups is 2. The number of pyridine rings is 1. The van der Waals surface area contributed by atoms with Crippen LogP contribution in [0.3, 0.4) is 0 Å². The molecule has 0 unspecified atom stereocenters. The van der Waals surface area contributed by atoms with Crippen LogP contribution in [0.25, 0.3) is 17.3 Å². The van der Waals surface area contributed by atoms with Crippen LogP contribution in [0.15, 0.2) is 66.3 Å². The molecule has 3 N–H and O–H groups in total. The number of anilines is 1. The minimum atomic E-state index is -0.630. The summed E-state index contributed by atoms with van der Waals surface area (Å²) < 4.78 is 0. The molecule has 3 heterocycles. The molecule has 0 aliphatic heterocycles. The van der Waals surface area contributed by atoms with Gasteiger partial charge in [0.05, 0.1) is 15.6 Å². The van der Waals surface area contributed by atoms with Crippen LogP contribution < -0.4 is 10.8 Å². The number of nitrogens with zero attached hydrogens (tertiary/aromatic N) is 2. The van der Waals surface area contributed by atoms with Crippen LogP contribution in [0.2, 0.25) is 0 Å². The number of rotatable bonds is 7. The second kappa shape index (κ2) is 10.3. The van der Waals surface area contributed by atoms with Crippen molar-refractivity contribution in [1.82, 2.24) is 15.4 Å². The van der Waals surface area contributed by atoms with Crippen LogP contribution in [0.4, 0.5) is 5.69 Å². The van der Waals surface area contributed by atoms with E-state index in [-0.39, 0.29) is 5.91 Å². The Morgan fingerprint density at radius 1 is 1.18 bits per heavy atom. The molecule has 9 heteroatoms. The third-order valence-corrected chi connectivity index (χ3v) is 6.72. The molecular formula is C24H20N4O3S2. The maximum Gasteiger partial charge on any atom is 0.267 e. The first-order valence-electron chi connectivity index (χ1n) is 9.99. The maximum absolute atomic E-state index is 12.7. The Labute approximate surface area is 198 Å². The number of hydroxylamine groups is 1. The Bertz CT molecular complexity index is 1310. The van der Waals surface area contributed by atoms with Crippen molar-refractivity contribution in [3.8, 4) is 11.3 Å². The van der Waals surface area contributed by atoms with E-state index in [1.165, 1.54) is 29.0 Å². The molecule has 3 aromatic heterocycles. The summed E-state index contributed by atoms with van der Waals surface area (Å²) in [6, 6.07) is 13.1. The van der Waals surface area contributed by atoms with E-state index < -0.39 is 5.91 Å². The van der Waals surface area contributed by atoms with Crippen LogP contribution in [0.1, 0.15) is 30.7 Å². The summed E-state index contributed by atoms with van der Waals surface area (Å²) in [7, 11) is 0. The van der Waals surface area contributed by atoms with Crippen molar-refractivity contribution in [1.29, 1.82) is 0 Å². The van der Waals surface area contributed by atoms with Crippen LogP contribution in [0.5, 0.6) is 0 Å². The highest BCUT2D eigenvalue weighted by atomic mass is 32.1. The Morgan fingerprint density at radius 2 is 2.06 bits per heavy atom. The molecule has 0 aliphatic carbocycles. The Morgan fingerprint density at radius 3 is 2.85 bits per heavy atom. The van der Waals surface area contributed by atoms with Gasteiger partial charge in [0, 0.05) is 46.4 Å². The minimum Gasteiger partial charge on any atom is -0.321 e. The molecule has 1 aromatic carbocycles. The van der Waals surface area contributed by atoms with E-state index >= 15 is 0 Å². The van der Waals surface area contributed by atoms with E-state index in [4.69, 9.17) is 10.2 Å². The molecule has 0 fully saturated rings. The van der Waals surface area contributed by atoms with Gasteiger partial charge < -0.3 is 5.32 Å². The number of benzene rings is 1. The van der Waals surface area contributed by atoms with E-state index in [9.17, 15) is 9.59 Å². The predicted molar refractivity (Wildman–Crippen MR) is 131 cm³/mol. The molecule has 4 rings (SSSR count). The fourth-order valence-corrected chi connectivity index (χ4v) is 4.73. The highest BCUT2D eigenvalue weighted by Crippen LogP contribution is 2.26. The summed E-state index contributed by atoms with van der Waals surface area (Å²) in [6.07, 6.45) is 6.93. The third-order valence-electron chi connectivity index (χ3n) is 4.82. The van der Waals surface area contributed by atoms with Crippen molar-refractivity contribution in [3.05, 3.63) is 92.2 Å². The zero-order chi connectivity index (χ0) is 23.2. The lowest BCUT2D eigenvalue weighted by atomic mass is 10.0. The standard InChI is InChI=1S/C24H20N4O3S2/c1-15-4-5-18(26-24(30)21-8-6-19(33-21)7-9-22(29)28-31)11-17(15)12-23-27-20(14-32-23)16-3-2-10-25-13-16/h2-11,13-14,31H,12H2,1H3,(H,26,30)(H,28,29)/b9-7+. The summed E-state index contributed by atoms with van der Waals surface area (Å²) in [5.41, 5.74) is 6.33. The second-order valence-electron chi connectivity index (χ2n) is 7.15. The lowest BCUT2D eigenvalue weighted by Gasteiger charge is -2.09. The van der Waals surface area contributed by atoms with Gasteiger partial charge in [-0.2, -0.15) is 0 Å². The largest absolute Gasteiger partial charge is 0.321 e. The highest BCUT2D eigenvalue weighted by Gasteiger charge is 2.12. The lowest BCUT2D eigenvalue weighted by molar-refractivity contribution is -0.124. The van der Waals surface area contributed by atoms with Crippen molar-refractivity contribution in [2.45, 2.75) is 13.3 Å². The first-order chi connectivity index (χ1) is 16.0. The van der Waals surface area contributed by atoms with Gasteiger partial charge in [-0.3, -0.25) is 19.8 Å². The summed E-state index contributed by atoms with van der Waals surface area (Å²) in [4.78, 5) is 33.9. The van der Waals surface area contributed by atoms with E-state index in [0.717, 1.165) is 32.3 Å². The number of nitrogens with one attached hydrogen (secondary N) is 2. The normalized spacial score (nSPS) is 11.0. The molecule has 0 bridgehead atoms. The van der Waals surface area contributed by atoms with E-state index in [0.29, 0.717) is 17.0 Å². The van der Waals surface area contributed by atoms with Crippen LogP contribution in [-0.4, -0.2) is 27.0 Å². The molecule has 7 nitrogen and oxygen atoms in total. The van der Waals surface area contributed by atoms with Gasteiger partial charge in [0.2, 0.25) is 0 Å². The maximum atomic E-state index is 12.7. The molecule has 4 aromatic rings. The molecule has 0 aliphatic rings. The van der Waals surface area contributed by atoms with Crippen molar-refractivity contribution >= 4 is 46.3 Å². The predicted octanol–water partition coefficient (Wildman–Crippen LogP) is 4.94. The van der Waals surface area contributed by atoms with Crippen LogP contribution >= 0.6 is 22.7 Å². The highest BCUT2D eigenvalue weighted by molar-refractivity contribution is 7.15. The van der Waals surface area contributed by atoms with E-state index in [2.05, 4.69) is 10.3 Å². The smallest absolute Gasteiger partial charge is 0.267 e. The quantitative estimate of drug-likeness (QED) is 0.199. The molecular weight excluding hydrogens is 456 g/mol. The van der Waals surface area contributed by atoms with Crippen LogP contribution in [0, 0.1) is 6.92 Å². The van der Waals surface area contributed by atoms with Crippen molar-refractivity contribution in [3.63, 3.8) is 0 Å². The number of aryl methyl sites for hydroxylation is 1. The molecule has 166 valence electrons. The van der Waals surface area contributed by atoms with Gasteiger partial charge in [0.25, 0.3) is 11.8 Å². The number of thiophene rings is 1. The number of carbonyl (C=O) groups excluding carboxylic acids is 2. The number of hydrogen-bond donors (Lipinski definition) is 3. The van der Waals surface area contributed by atoms with Gasteiger partial charge >= 0.3 is 0 Å². The van der Waals surface area contributed by atoms with Crippen LogP contribution in [-0.2, 0) is 11.2 Å². The topological polar surface area (TPSA) is 104 Å². The van der Waals surface area contributed by atoms with Crippen molar-refractivity contribution in [2.24, 2.45) is 0 Å². The van der Waals surface area contributed by atoms with Crippen molar-refractivity contribution < 1.29 is 14.8 Å². The zero-order valence-corrected chi connectivity index (χ0v) is 19.2. The average molecular weight is 477 g/mol. The summed E-state index contributed by atoms with van der Waals surface area (Å²) in [5.74, 6) is -0.858. The first-order valence-corrected chi connectivity index (χ1v) is 11.7. The van der Waals surface area contributed by atoms with Gasteiger partial charge in [0.15, 0.2) is 0 Å². The minimum absolute atomic E-state index is 0.228. The Hall–Kier alpha value is -3.66. The molecule has 0 saturated carbocycles. The monoisotopic (exact) mass is 476 g/mol. The Balaban J connectivity index is 1.45. The van der Waals surface area contributed by atoms with Gasteiger partial charge in [-0.25, -0.2) is 10.5 Å². The number of thiazole rings is 1. The molecule has 0 saturated heterocycles. The van der Waals surface area contributed by atoms with Crippen molar-refractivity contribution in [2.75, 3.05) is 5.32 Å². The summed E-state index contributed by atoms with van der Waals surface area (Å²) >= 11 is 2.85. The fourth-order valence-electron chi connectivity index (χ4n) is 3.09. The van der Waals surface area contributed by atoms with E-state index in [1.54, 1.807) is 35.9 Å². The number of hydrogen-bond acceptors (Lipinski definition) is 7. The summed E-state index contributed by atoms with van der Waals surface area (Å²) in [6.45, 7) is 2.04.